The quantitative estimate of drug-likeness (QED) is 0.631. The van der Waals surface area contributed by atoms with Crippen molar-refractivity contribution in [1.82, 2.24) is 0 Å². The first-order valence-electron chi connectivity index (χ1n) is 5.83. The Balaban J connectivity index is 2.85. The zero-order valence-electron chi connectivity index (χ0n) is 11.0. The lowest BCUT2D eigenvalue weighted by atomic mass is 10.0. The predicted octanol–water partition coefficient (Wildman–Crippen LogP) is 2.29. The van der Waals surface area contributed by atoms with E-state index in [-0.39, 0.29) is 5.91 Å². The molecule has 0 heterocycles. The molecule has 0 fully saturated rings. The molecule has 0 bridgehead atoms. The summed E-state index contributed by atoms with van der Waals surface area (Å²) >= 11 is 0. The van der Waals surface area contributed by atoms with E-state index < -0.39 is 0 Å². The van der Waals surface area contributed by atoms with Crippen LogP contribution in [0, 0.1) is 0 Å². The molecule has 4 heteroatoms. The van der Waals surface area contributed by atoms with Crippen molar-refractivity contribution >= 4 is 17.8 Å². The van der Waals surface area contributed by atoms with Gasteiger partial charge in [0.15, 0.2) is 0 Å². The summed E-state index contributed by atoms with van der Waals surface area (Å²) in [5, 5.41) is 2.79. The van der Waals surface area contributed by atoms with Crippen LogP contribution in [0.3, 0.4) is 0 Å². The lowest BCUT2D eigenvalue weighted by molar-refractivity contribution is -0.112. The molecule has 0 aliphatic rings. The zero-order valence-corrected chi connectivity index (χ0v) is 11.0. The number of carbonyl (C=O) groups is 1. The maximum absolute atomic E-state index is 11.9. The number of aliphatic imine (C=N–C) groups is 1. The summed E-state index contributed by atoms with van der Waals surface area (Å²) in [6.07, 6.45) is 2.68. The molecule has 18 heavy (non-hydrogen) atoms. The van der Waals surface area contributed by atoms with Gasteiger partial charge in [-0.25, -0.2) is 0 Å². The van der Waals surface area contributed by atoms with Gasteiger partial charge in [-0.1, -0.05) is 26.0 Å². The van der Waals surface area contributed by atoms with Crippen molar-refractivity contribution in [3.63, 3.8) is 0 Å². The van der Waals surface area contributed by atoms with E-state index in [0.717, 1.165) is 5.69 Å². The van der Waals surface area contributed by atoms with Crippen LogP contribution in [0.25, 0.3) is 0 Å². The molecule has 0 atom stereocenters. The Morgan fingerprint density at radius 2 is 2.17 bits per heavy atom. The summed E-state index contributed by atoms with van der Waals surface area (Å²) in [5.41, 5.74) is 7.65. The number of carbonyl (C=O) groups excluding carboxylic acids is 1. The Labute approximate surface area is 108 Å². The number of nitrogens with one attached hydrogen (secondary N) is 1. The van der Waals surface area contributed by atoms with Gasteiger partial charge in [-0.05, 0) is 23.6 Å². The van der Waals surface area contributed by atoms with Crippen molar-refractivity contribution in [2.75, 3.05) is 12.4 Å². The summed E-state index contributed by atoms with van der Waals surface area (Å²) in [6, 6.07) is 7.76. The van der Waals surface area contributed by atoms with Gasteiger partial charge >= 0.3 is 0 Å². The molecule has 1 aromatic rings. The number of nitrogens with two attached hydrogens (primary N) is 1. The van der Waals surface area contributed by atoms with Gasteiger partial charge in [-0.15, -0.1) is 0 Å². The molecule has 0 unspecified atom stereocenters. The lowest BCUT2D eigenvalue weighted by Gasteiger charge is -2.09. The Kier molecular flexibility index (Phi) is 5.11. The molecule has 0 aromatic heterocycles. The molecule has 0 aliphatic heterocycles. The second kappa shape index (κ2) is 6.59. The van der Waals surface area contributed by atoms with Gasteiger partial charge in [-0.3, -0.25) is 9.79 Å². The highest BCUT2D eigenvalue weighted by Gasteiger charge is 2.07. The molecule has 96 valence electrons. The topological polar surface area (TPSA) is 67.5 Å². The second-order valence-corrected chi connectivity index (χ2v) is 4.24. The molecule has 1 aromatic carbocycles. The summed E-state index contributed by atoms with van der Waals surface area (Å²) < 4.78 is 0. The monoisotopic (exact) mass is 245 g/mol. The van der Waals surface area contributed by atoms with Crippen molar-refractivity contribution in [3.8, 4) is 0 Å². The highest BCUT2D eigenvalue weighted by molar-refractivity contribution is 6.17. The normalized spacial score (nSPS) is 12.1. The van der Waals surface area contributed by atoms with E-state index in [0.29, 0.717) is 11.5 Å². The highest BCUT2D eigenvalue weighted by atomic mass is 16.1. The number of hydrogen-bond acceptors (Lipinski definition) is 3. The number of benzene rings is 1. The van der Waals surface area contributed by atoms with Crippen LogP contribution in [0.2, 0.25) is 0 Å². The van der Waals surface area contributed by atoms with Crippen molar-refractivity contribution < 1.29 is 4.79 Å². The van der Waals surface area contributed by atoms with E-state index in [9.17, 15) is 4.79 Å². The fourth-order valence-corrected chi connectivity index (χ4v) is 1.50. The number of amides is 1. The molecule has 0 spiro atoms. The first-order valence-corrected chi connectivity index (χ1v) is 5.83. The SMILES string of the molecule is CN=C/C(=C\N)C(=O)Nc1cccc(C(C)C)c1. The highest BCUT2D eigenvalue weighted by Crippen LogP contribution is 2.18. The van der Waals surface area contributed by atoms with Crippen LogP contribution in [0.5, 0.6) is 0 Å². The Bertz CT molecular complexity index is 476. The van der Waals surface area contributed by atoms with Gasteiger partial charge in [0.1, 0.15) is 0 Å². The van der Waals surface area contributed by atoms with Crippen LogP contribution < -0.4 is 11.1 Å². The van der Waals surface area contributed by atoms with E-state index in [1.165, 1.54) is 18.0 Å². The van der Waals surface area contributed by atoms with Gasteiger partial charge in [0.25, 0.3) is 5.91 Å². The number of hydrogen-bond donors (Lipinski definition) is 2. The molecule has 3 N–H and O–H groups in total. The minimum absolute atomic E-state index is 0.260. The predicted molar refractivity (Wildman–Crippen MR) is 75.8 cm³/mol. The minimum Gasteiger partial charge on any atom is -0.404 e. The smallest absolute Gasteiger partial charge is 0.258 e. The van der Waals surface area contributed by atoms with E-state index in [1.807, 2.05) is 24.3 Å². The van der Waals surface area contributed by atoms with Gasteiger partial charge in [0.05, 0.1) is 5.57 Å². The molecule has 0 saturated carbocycles. The Morgan fingerprint density at radius 1 is 1.44 bits per heavy atom. The van der Waals surface area contributed by atoms with Gasteiger partial charge in [0.2, 0.25) is 0 Å². The van der Waals surface area contributed by atoms with Crippen molar-refractivity contribution in [2.24, 2.45) is 10.7 Å². The standard InChI is InChI=1S/C14H19N3O/c1-10(2)11-5-4-6-13(7-11)17-14(18)12(8-15)9-16-3/h4-10H,15H2,1-3H3,(H,17,18)/b12-8+,16-9?. The first kappa shape index (κ1) is 14.0. The second-order valence-electron chi connectivity index (χ2n) is 4.24. The van der Waals surface area contributed by atoms with Crippen LogP contribution in [0.4, 0.5) is 5.69 Å². The third-order valence-electron chi connectivity index (χ3n) is 2.52. The Hall–Kier alpha value is -2.10. The molecule has 0 aliphatic carbocycles. The third-order valence-corrected chi connectivity index (χ3v) is 2.52. The fraction of sp³-hybridized carbons (Fsp3) is 0.286. The lowest BCUT2D eigenvalue weighted by Crippen LogP contribution is -2.16. The van der Waals surface area contributed by atoms with Crippen LogP contribution in [0.1, 0.15) is 25.3 Å². The summed E-state index contributed by atoms with van der Waals surface area (Å²) in [5.74, 6) is 0.160. The first-order chi connectivity index (χ1) is 8.58. The molecule has 1 rings (SSSR count). The van der Waals surface area contributed by atoms with E-state index >= 15 is 0 Å². The average Bonchev–Trinajstić information content (AvgIpc) is 2.36. The number of anilines is 1. The minimum atomic E-state index is -0.260. The molecule has 4 nitrogen and oxygen atoms in total. The summed E-state index contributed by atoms with van der Waals surface area (Å²) in [4.78, 5) is 15.6. The van der Waals surface area contributed by atoms with Crippen LogP contribution in [-0.2, 0) is 4.79 Å². The molecule has 0 radical (unpaired) electrons. The number of rotatable bonds is 4. The van der Waals surface area contributed by atoms with Crippen molar-refractivity contribution in [1.29, 1.82) is 0 Å². The summed E-state index contributed by atoms with van der Waals surface area (Å²) in [6.45, 7) is 4.21. The third kappa shape index (κ3) is 3.73. The molecule has 1 amide bonds. The zero-order chi connectivity index (χ0) is 13.5. The van der Waals surface area contributed by atoms with E-state index in [4.69, 9.17) is 5.73 Å². The fourth-order valence-electron chi connectivity index (χ4n) is 1.50. The average molecular weight is 245 g/mol. The maximum Gasteiger partial charge on any atom is 0.258 e. The van der Waals surface area contributed by atoms with Crippen LogP contribution in [0.15, 0.2) is 41.0 Å². The molecule has 0 saturated heterocycles. The number of nitrogens with zero attached hydrogens (tertiary/aromatic N) is 1. The maximum atomic E-state index is 11.9. The largest absolute Gasteiger partial charge is 0.404 e. The van der Waals surface area contributed by atoms with Gasteiger partial charge < -0.3 is 11.1 Å². The van der Waals surface area contributed by atoms with Gasteiger partial charge in [0, 0.05) is 25.1 Å². The Morgan fingerprint density at radius 3 is 2.72 bits per heavy atom. The van der Waals surface area contributed by atoms with E-state index in [1.54, 1.807) is 7.05 Å². The van der Waals surface area contributed by atoms with Crippen molar-refractivity contribution in [3.05, 3.63) is 41.6 Å². The summed E-state index contributed by atoms with van der Waals surface area (Å²) in [7, 11) is 1.59. The van der Waals surface area contributed by atoms with Crippen LogP contribution >= 0.6 is 0 Å². The van der Waals surface area contributed by atoms with Crippen molar-refractivity contribution in [2.45, 2.75) is 19.8 Å². The molecular weight excluding hydrogens is 226 g/mol. The van der Waals surface area contributed by atoms with Gasteiger partial charge in [-0.2, -0.15) is 0 Å². The van der Waals surface area contributed by atoms with Crippen LogP contribution in [-0.4, -0.2) is 19.2 Å². The van der Waals surface area contributed by atoms with E-state index in [2.05, 4.69) is 24.2 Å². The molecular formula is C14H19N3O.